The highest BCUT2D eigenvalue weighted by atomic mass is 16.2. The molecule has 1 atom stereocenters. The number of benzene rings is 2. The summed E-state index contributed by atoms with van der Waals surface area (Å²) in [6.07, 6.45) is 2.53. The molecule has 1 heterocycles. The van der Waals surface area contributed by atoms with E-state index in [1.54, 1.807) is 30.3 Å². The molecule has 0 aromatic heterocycles. The van der Waals surface area contributed by atoms with Crippen molar-refractivity contribution < 1.29 is 9.59 Å². The van der Waals surface area contributed by atoms with E-state index in [0.29, 0.717) is 16.8 Å². The van der Waals surface area contributed by atoms with E-state index in [1.807, 2.05) is 12.1 Å². The summed E-state index contributed by atoms with van der Waals surface area (Å²) in [6.45, 7) is 5.37. The van der Waals surface area contributed by atoms with Crippen LogP contribution in [0.2, 0.25) is 0 Å². The highest BCUT2D eigenvalue weighted by Gasteiger charge is 2.17. The minimum absolute atomic E-state index is 0.194. The van der Waals surface area contributed by atoms with Crippen molar-refractivity contribution in [3.63, 3.8) is 0 Å². The van der Waals surface area contributed by atoms with E-state index in [-0.39, 0.29) is 5.91 Å². The highest BCUT2D eigenvalue weighted by molar-refractivity contribution is 6.05. The summed E-state index contributed by atoms with van der Waals surface area (Å²) in [5, 5.41) is 2.83. The minimum Gasteiger partial charge on any atom is -0.366 e. The van der Waals surface area contributed by atoms with Gasteiger partial charge >= 0.3 is 0 Å². The molecule has 5 nitrogen and oxygen atoms in total. The van der Waals surface area contributed by atoms with Crippen molar-refractivity contribution in [1.29, 1.82) is 0 Å². The summed E-state index contributed by atoms with van der Waals surface area (Å²) in [7, 11) is 0. The van der Waals surface area contributed by atoms with Crippen molar-refractivity contribution in [1.82, 2.24) is 4.90 Å². The highest BCUT2D eigenvalue weighted by Crippen LogP contribution is 2.19. The Kier molecular flexibility index (Phi) is 5.68. The molecule has 0 radical (unpaired) electrons. The Balaban J connectivity index is 1.68. The van der Waals surface area contributed by atoms with Crippen molar-refractivity contribution >= 4 is 17.5 Å². The number of carbonyl (C=O) groups is 2. The number of nitrogens with two attached hydrogens (primary N) is 1. The van der Waals surface area contributed by atoms with Crippen LogP contribution in [0.25, 0.3) is 0 Å². The third-order valence-corrected chi connectivity index (χ3v) is 4.74. The van der Waals surface area contributed by atoms with Gasteiger partial charge < -0.3 is 11.1 Å². The molecule has 3 rings (SSSR count). The lowest BCUT2D eigenvalue weighted by Gasteiger charge is -2.30. The quantitative estimate of drug-likeness (QED) is 0.868. The molecule has 0 bridgehead atoms. The molecule has 136 valence electrons. The molecule has 3 N–H and O–H groups in total. The predicted octanol–water partition coefficient (Wildman–Crippen LogP) is 3.27. The number of nitrogens with one attached hydrogen (secondary N) is 1. The van der Waals surface area contributed by atoms with Gasteiger partial charge in [0.05, 0.1) is 0 Å². The van der Waals surface area contributed by atoms with Crippen LogP contribution in [0.15, 0.2) is 48.5 Å². The van der Waals surface area contributed by atoms with Crippen molar-refractivity contribution in [3.05, 3.63) is 65.2 Å². The van der Waals surface area contributed by atoms with Gasteiger partial charge in [-0.15, -0.1) is 0 Å². The first-order chi connectivity index (χ1) is 12.5. The Morgan fingerprint density at radius 3 is 2.69 bits per heavy atom. The van der Waals surface area contributed by atoms with Gasteiger partial charge in [-0.05, 0) is 61.2 Å². The van der Waals surface area contributed by atoms with Gasteiger partial charge in [0, 0.05) is 29.9 Å². The smallest absolute Gasteiger partial charge is 0.255 e. The van der Waals surface area contributed by atoms with E-state index in [0.717, 1.165) is 31.1 Å². The number of hydrogen-bond donors (Lipinski definition) is 2. The molecule has 1 fully saturated rings. The van der Waals surface area contributed by atoms with E-state index in [1.165, 1.54) is 12.8 Å². The Morgan fingerprint density at radius 2 is 1.92 bits per heavy atom. The topological polar surface area (TPSA) is 75.4 Å². The fourth-order valence-corrected chi connectivity index (χ4v) is 3.45. The van der Waals surface area contributed by atoms with Gasteiger partial charge in [-0.1, -0.05) is 25.1 Å². The molecule has 2 aromatic rings. The summed E-state index contributed by atoms with van der Waals surface area (Å²) in [4.78, 5) is 26.3. The van der Waals surface area contributed by atoms with Crippen LogP contribution in [0.1, 0.15) is 46.0 Å². The van der Waals surface area contributed by atoms with Crippen molar-refractivity contribution in [2.45, 2.75) is 26.3 Å². The molecule has 0 aliphatic carbocycles. The number of rotatable bonds is 5. The standard InChI is InChI=1S/C21H25N3O2/c1-15-5-4-10-24(13-15)14-16-6-2-8-18(11-16)21(26)23-19-9-3-7-17(12-19)20(22)25/h2-3,6-9,11-12,15H,4-5,10,13-14H2,1H3,(H2,22,25)(H,23,26). The zero-order valence-electron chi connectivity index (χ0n) is 15.1. The first-order valence-electron chi connectivity index (χ1n) is 9.04. The monoisotopic (exact) mass is 351 g/mol. The fourth-order valence-electron chi connectivity index (χ4n) is 3.45. The normalized spacial score (nSPS) is 17.7. The number of carbonyl (C=O) groups excluding carboxylic acids is 2. The van der Waals surface area contributed by atoms with Gasteiger partial charge in [0.15, 0.2) is 0 Å². The number of likely N-dealkylation sites (tertiary alicyclic amines) is 1. The van der Waals surface area contributed by atoms with E-state index in [2.05, 4.69) is 23.2 Å². The molecule has 5 heteroatoms. The van der Waals surface area contributed by atoms with Crippen LogP contribution in [-0.4, -0.2) is 29.8 Å². The third-order valence-electron chi connectivity index (χ3n) is 4.74. The summed E-state index contributed by atoms with van der Waals surface area (Å²) in [5.74, 6) is 0.0205. The van der Waals surface area contributed by atoms with Gasteiger partial charge in [-0.3, -0.25) is 14.5 Å². The Morgan fingerprint density at radius 1 is 1.15 bits per heavy atom. The minimum atomic E-state index is -0.515. The summed E-state index contributed by atoms with van der Waals surface area (Å²) < 4.78 is 0. The average Bonchev–Trinajstić information content (AvgIpc) is 2.62. The average molecular weight is 351 g/mol. The maximum absolute atomic E-state index is 12.6. The van der Waals surface area contributed by atoms with E-state index in [4.69, 9.17) is 5.73 Å². The summed E-state index contributed by atoms with van der Waals surface area (Å²) in [5.41, 5.74) is 7.96. The van der Waals surface area contributed by atoms with Gasteiger partial charge in [0.25, 0.3) is 5.91 Å². The van der Waals surface area contributed by atoms with Crippen molar-refractivity contribution in [2.24, 2.45) is 11.7 Å². The zero-order valence-corrected chi connectivity index (χ0v) is 15.1. The van der Waals surface area contributed by atoms with Crippen LogP contribution in [0.3, 0.4) is 0 Å². The maximum Gasteiger partial charge on any atom is 0.255 e. The molecule has 1 aliphatic heterocycles. The molecule has 1 saturated heterocycles. The Hall–Kier alpha value is -2.66. The van der Waals surface area contributed by atoms with E-state index >= 15 is 0 Å². The van der Waals surface area contributed by atoms with Crippen LogP contribution in [-0.2, 0) is 6.54 Å². The maximum atomic E-state index is 12.6. The second-order valence-corrected chi connectivity index (χ2v) is 7.08. The molecule has 1 unspecified atom stereocenters. The molecule has 0 saturated carbocycles. The molecule has 0 spiro atoms. The zero-order chi connectivity index (χ0) is 18.5. The van der Waals surface area contributed by atoms with Gasteiger partial charge in [-0.2, -0.15) is 0 Å². The van der Waals surface area contributed by atoms with Crippen LogP contribution < -0.4 is 11.1 Å². The molecular weight excluding hydrogens is 326 g/mol. The van der Waals surface area contributed by atoms with Crippen LogP contribution in [0.5, 0.6) is 0 Å². The van der Waals surface area contributed by atoms with Gasteiger partial charge in [0.1, 0.15) is 0 Å². The molecule has 1 aliphatic rings. The number of piperidine rings is 1. The van der Waals surface area contributed by atoms with Gasteiger partial charge in [0.2, 0.25) is 5.91 Å². The SMILES string of the molecule is CC1CCCN(Cc2cccc(C(=O)Nc3cccc(C(N)=O)c3)c2)C1. The molecule has 2 amide bonds. The van der Waals surface area contributed by atoms with Gasteiger partial charge in [-0.25, -0.2) is 0 Å². The lowest BCUT2D eigenvalue weighted by molar-refractivity contribution is 0.0996. The molecule has 2 aromatic carbocycles. The van der Waals surface area contributed by atoms with Crippen molar-refractivity contribution in [2.75, 3.05) is 18.4 Å². The Bertz CT molecular complexity index is 803. The fraction of sp³-hybridized carbons (Fsp3) is 0.333. The van der Waals surface area contributed by atoms with E-state index < -0.39 is 5.91 Å². The van der Waals surface area contributed by atoms with Crippen LogP contribution in [0, 0.1) is 5.92 Å². The second-order valence-electron chi connectivity index (χ2n) is 7.08. The number of primary amides is 1. The lowest BCUT2D eigenvalue weighted by atomic mass is 9.99. The largest absolute Gasteiger partial charge is 0.366 e. The first-order valence-corrected chi connectivity index (χ1v) is 9.04. The first kappa shape index (κ1) is 18.1. The number of amides is 2. The van der Waals surface area contributed by atoms with E-state index in [9.17, 15) is 9.59 Å². The third kappa shape index (κ3) is 4.70. The van der Waals surface area contributed by atoms with Crippen LogP contribution >= 0.6 is 0 Å². The van der Waals surface area contributed by atoms with Crippen LogP contribution in [0.4, 0.5) is 5.69 Å². The number of nitrogens with zero attached hydrogens (tertiary/aromatic N) is 1. The number of hydrogen-bond acceptors (Lipinski definition) is 3. The lowest BCUT2D eigenvalue weighted by Crippen LogP contribution is -2.33. The molecular formula is C21H25N3O2. The predicted molar refractivity (Wildman–Crippen MR) is 103 cm³/mol. The van der Waals surface area contributed by atoms with Crippen molar-refractivity contribution in [3.8, 4) is 0 Å². The summed E-state index contributed by atoms with van der Waals surface area (Å²) in [6, 6.07) is 14.4. The second kappa shape index (κ2) is 8.15. The Labute approximate surface area is 154 Å². The number of anilines is 1. The molecule has 26 heavy (non-hydrogen) atoms. The summed E-state index contributed by atoms with van der Waals surface area (Å²) >= 11 is 0.